The van der Waals surface area contributed by atoms with Crippen LogP contribution in [-0.2, 0) is 4.84 Å². The first kappa shape index (κ1) is 8.12. The molecule has 0 radical (unpaired) electrons. The van der Waals surface area contributed by atoms with Crippen LogP contribution in [0, 0.1) is 10.1 Å². The highest BCUT2D eigenvalue weighted by molar-refractivity contribution is 4.47. The Morgan fingerprint density at radius 1 is 2.00 bits per heavy atom. The van der Waals surface area contributed by atoms with Gasteiger partial charge in [0.15, 0.2) is 0 Å². The Labute approximate surface area is 51.3 Å². The Kier molecular flexibility index (Phi) is 2.35. The molecule has 0 fully saturated rings. The third-order valence-corrected chi connectivity index (χ3v) is 0.739. The second kappa shape index (κ2) is 2.60. The highest BCUT2D eigenvalue weighted by atomic mass is 17.0. The predicted molar refractivity (Wildman–Crippen MR) is 27.5 cm³/mol. The van der Waals surface area contributed by atoms with Crippen LogP contribution in [0.3, 0.4) is 0 Å². The van der Waals surface area contributed by atoms with Crippen LogP contribution in [0.15, 0.2) is 0 Å². The minimum atomic E-state index is -2.14. The van der Waals surface area contributed by atoms with Crippen molar-refractivity contribution in [2.24, 2.45) is 5.73 Å². The van der Waals surface area contributed by atoms with Gasteiger partial charge in [-0.1, -0.05) is 6.92 Å². The normalized spacial score (nSPS) is 16.3. The number of hydrogen-bond acceptors (Lipinski definition) is 5. The standard InChI is InChI=1S/C3H8N2O4/c1-2-3(4,6)9-5(7)8/h6H,2,4H2,1H3. The van der Waals surface area contributed by atoms with Gasteiger partial charge in [0.05, 0.1) is 0 Å². The van der Waals surface area contributed by atoms with E-state index in [9.17, 15) is 10.1 Å². The lowest BCUT2D eigenvalue weighted by atomic mass is 10.4. The first-order valence-electron chi connectivity index (χ1n) is 2.32. The van der Waals surface area contributed by atoms with Crippen molar-refractivity contribution < 1.29 is 15.0 Å². The molecule has 0 bridgehead atoms. The van der Waals surface area contributed by atoms with Gasteiger partial charge in [-0.2, -0.15) is 0 Å². The quantitative estimate of drug-likeness (QED) is 0.301. The van der Waals surface area contributed by atoms with E-state index in [2.05, 4.69) is 4.84 Å². The molecule has 0 heterocycles. The fourth-order valence-electron chi connectivity index (χ4n) is 0.194. The number of aliphatic hydroxyl groups is 1. The van der Waals surface area contributed by atoms with Gasteiger partial charge in [0.2, 0.25) is 0 Å². The molecule has 0 amide bonds. The number of rotatable bonds is 3. The van der Waals surface area contributed by atoms with Crippen LogP contribution in [0.1, 0.15) is 13.3 Å². The smallest absolute Gasteiger partial charge is 0.298 e. The van der Waals surface area contributed by atoms with Crippen molar-refractivity contribution >= 4 is 0 Å². The summed E-state index contributed by atoms with van der Waals surface area (Å²) in [6, 6.07) is 0. The Bertz CT molecular complexity index is 112. The number of hydrogen-bond donors (Lipinski definition) is 2. The SMILES string of the molecule is CCC(N)(O)O[N+](=O)[O-]. The van der Waals surface area contributed by atoms with E-state index < -0.39 is 11.0 Å². The van der Waals surface area contributed by atoms with Gasteiger partial charge in [0.1, 0.15) is 0 Å². The molecule has 3 N–H and O–H groups in total. The van der Waals surface area contributed by atoms with E-state index in [0.717, 1.165) is 0 Å². The summed E-state index contributed by atoms with van der Waals surface area (Å²) in [5.41, 5.74) is 4.81. The van der Waals surface area contributed by atoms with Crippen LogP contribution in [0.25, 0.3) is 0 Å². The van der Waals surface area contributed by atoms with Crippen molar-refractivity contribution in [3.05, 3.63) is 10.1 Å². The molecule has 0 aromatic rings. The topological polar surface area (TPSA) is 98.6 Å². The Morgan fingerprint density at radius 2 is 2.44 bits per heavy atom. The molecule has 0 aliphatic rings. The minimum absolute atomic E-state index is 0.0337. The predicted octanol–water partition coefficient (Wildman–Crippen LogP) is -0.790. The molecule has 9 heavy (non-hydrogen) atoms. The fourth-order valence-corrected chi connectivity index (χ4v) is 0.194. The molecule has 0 aromatic carbocycles. The third kappa shape index (κ3) is 3.68. The summed E-state index contributed by atoms with van der Waals surface area (Å²) in [6.45, 7) is 1.46. The molecule has 0 aliphatic carbocycles. The Hall–Kier alpha value is -0.880. The lowest BCUT2D eigenvalue weighted by Gasteiger charge is -2.16. The van der Waals surface area contributed by atoms with E-state index in [0.29, 0.717) is 0 Å². The zero-order valence-corrected chi connectivity index (χ0v) is 4.90. The van der Waals surface area contributed by atoms with Gasteiger partial charge in [0.25, 0.3) is 11.0 Å². The average molecular weight is 136 g/mol. The molecule has 0 rings (SSSR count). The molecular formula is C3H8N2O4. The maximum absolute atomic E-state index is 9.52. The zero-order valence-electron chi connectivity index (χ0n) is 4.90. The van der Waals surface area contributed by atoms with Crippen LogP contribution in [0.2, 0.25) is 0 Å². The van der Waals surface area contributed by atoms with E-state index >= 15 is 0 Å². The van der Waals surface area contributed by atoms with Crippen molar-refractivity contribution in [2.75, 3.05) is 0 Å². The van der Waals surface area contributed by atoms with Crippen LogP contribution in [0.5, 0.6) is 0 Å². The summed E-state index contributed by atoms with van der Waals surface area (Å²) in [5.74, 6) is -2.14. The van der Waals surface area contributed by atoms with Crippen LogP contribution >= 0.6 is 0 Å². The average Bonchev–Trinajstić information content (AvgIpc) is 1.63. The number of nitrogens with zero attached hydrogens (tertiary/aromatic N) is 1. The largest absolute Gasteiger partial charge is 0.354 e. The van der Waals surface area contributed by atoms with E-state index in [1.165, 1.54) is 6.92 Å². The molecule has 0 aromatic heterocycles. The molecule has 0 aliphatic heterocycles. The van der Waals surface area contributed by atoms with Crippen LogP contribution < -0.4 is 5.73 Å². The third-order valence-electron chi connectivity index (χ3n) is 0.739. The molecular weight excluding hydrogens is 128 g/mol. The molecule has 1 unspecified atom stereocenters. The van der Waals surface area contributed by atoms with Crippen molar-refractivity contribution in [3.8, 4) is 0 Å². The first-order valence-corrected chi connectivity index (χ1v) is 2.32. The van der Waals surface area contributed by atoms with Crippen LogP contribution in [0.4, 0.5) is 0 Å². The Balaban J connectivity index is 3.71. The number of nitrogens with two attached hydrogens (primary N) is 1. The van der Waals surface area contributed by atoms with Gasteiger partial charge in [-0.3, -0.25) is 10.6 Å². The molecule has 54 valence electrons. The summed E-state index contributed by atoms with van der Waals surface area (Å²) in [4.78, 5) is 13.2. The van der Waals surface area contributed by atoms with Crippen molar-refractivity contribution in [3.63, 3.8) is 0 Å². The fraction of sp³-hybridized carbons (Fsp3) is 1.00. The molecule has 6 heteroatoms. The second-order valence-corrected chi connectivity index (χ2v) is 1.51. The van der Waals surface area contributed by atoms with Gasteiger partial charge >= 0.3 is 0 Å². The zero-order chi connectivity index (χ0) is 7.49. The molecule has 6 nitrogen and oxygen atoms in total. The van der Waals surface area contributed by atoms with E-state index in [4.69, 9.17) is 10.8 Å². The van der Waals surface area contributed by atoms with Gasteiger partial charge in [0, 0.05) is 6.42 Å². The van der Waals surface area contributed by atoms with Crippen LogP contribution in [-0.4, -0.2) is 16.1 Å². The van der Waals surface area contributed by atoms with Crippen molar-refractivity contribution in [2.45, 2.75) is 19.3 Å². The summed E-state index contributed by atoms with van der Waals surface area (Å²) >= 11 is 0. The molecule has 0 spiro atoms. The van der Waals surface area contributed by atoms with E-state index in [1.54, 1.807) is 0 Å². The summed E-state index contributed by atoms with van der Waals surface area (Å²) in [5, 5.41) is 17.0. The van der Waals surface area contributed by atoms with E-state index in [-0.39, 0.29) is 6.42 Å². The monoisotopic (exact) mass is 136 g/mol. The maximum Gasteiger partial charge on any atom is 0.298 e. The molecule has 0 saturated carbocycles. The molecule has 1 atom stereocenters. The summed E-state index contributed by atoms with van der Waals surface area (Å²) in [7, 11) is 0. The highest BCUT2D eigenvalue weighted by Crippen LogP contribution is 2.01. The maximum atomic E-state index is 9.52. The summed E-state index contributed by atoms with van der Waals surface area (Å²) in [6.07, 6.45) is -0.0337. The van der Waals surface area contributed by atoms with Gasteiger partial charge in [-0.15, -0.1) is 10.1 Å². The highest BCUT2D eigenvalue weighted by Gasteiger charge is 2.22. The summed E-state index contributed by atoms with van der Waals surface area (Å²) < 4.78 is 0. The minimum Gasteiger partial charge on any atom is -0.354 e. The first-order chi connectivity index (χ1) is 3.98. The van der Waals surface area contributed by atoms with Gasteiger partial charge < -0.3 is 5.11 Å². The van der Waals surface area contributed by atoms with Gasteiger partial charge in [-0.25, -0.2) is 0 Å². The second-order valence-electron chi connectivity index (χ2n) is 1.51. The lowest BCUT2D eigenvalue weighted by Crippen LogP contribution is -2.43. The molecule has 0 saturated heterocycles. The Morgan fingerprint density at radius 3 is 2.56 bits per heavy atom. The van der Waals surface area contributed by atoms with E-state index in [1.807, 2.05) is 0 Å². The lowest BCUT2D eigenvalue weighted by molar-refractivity contribution is -0.795. The van der Waals surface area contributed by atoms with Gasteiger partial charge in [-0.05, 0) is 0 Å². The van der Waals surface area contributed by atoms with Crippen molar-refractivity contribution in [1.82, 2.24) is 0 Å². The van der Waals surface area contributed by atoms with Crippen molar-refractivity contribution in [1.29, 1.82) is 0 Å².